The van der Waals surface area contributed by atoms with Crippen LogP contribution < -0.4 is 5.32 Å². The van der Waals surface area contributed by atoms with Gasteiger partial charge in [0.1, 0.15) is 5.82 Å². The van der Waals surface area contributed by atoms with Crippen LogP contribution in [-0.4, -0.2) is 21.3 Å². The fourth-order valence-corrected chi connectivity index (χ4v) is 2.56. The SMILES string of the molecule is Fc1ccc2sc(NCCn3cccn3)nc2c1. The molecule has 2 aromatic heterocycles. The summed E-state index contributed by atoms with van der Waals surface area (Å²) < 4.78 is 15.8. The molecule has 1 aromatic carbocycles. The monoisotopic (exact) mass is 262 g/mol. The standard InChI is InChI=1S/C12H11FN4S/c13-9-2-3-11-10(8-9)16-12(18-11)14-5-7-17-6-1-4-15-17/h1-4,6,8H,5,7H2,(H,14,16). The molecule has 0 amide bonds. The average Bonchev–Trinajstić information content (AvgIpc) is 2.97. The van der Waals surface area contributed by atoms with Gasteiger partial charge in [-0.1, -0.05) is 11.3 Å². The molecule has 0 atom stereocenters. The number of rotatable bonds is 4. The first kappa shape index (κ1) is 11.2. The molecule has 0 radical (unpaired) electrons. The van der Waals surface area contributed by atoms with E-state index in [1.165, 1.54) is 23.5 Å². The van der Waals surface area contributed by atoms with Crippen LogP contribution >= 0.6 is 11.3 Å². The van der Waals surface area contributed by atoms with Crippen molar-refractivity contribution < 1.29 is 4.39 Å². The Morgan fingerprint density at radius 2 is 2.33 bits per heavy atom. The second kappa shape index (κ2) is 4.73. The molecule has 0 fully saturated rings. The maximum Gasteiger partial charge on any atom is 0.183 e. The van der Waals surface area contributed by atoms with Gasteiger partial charge in [-0.05, 0) is 18.2 Å². The lowest BCUT2D eigenvalue weighted by molar-refractivity contribution is 0.629. The van der Waals surface area contributed by atoms with Gasteiger partial charge in [0.05, 0.1) is 16.8 Å². The fourth-order valence-electron chi connectivity index (χ4n) is 1.69. The Hall–Kier alpha value is -1.95. The maximum absolute atomic E-state index is 13.0. The van der Waals surface area contributed by atoms with Crippen molar-refractivity contribution in [1.29, 1.82) is 0 Å². The highest BCUT2D eigenvalue weighted by atomic mass is 32.1. The lowest BCUT2D eigenvalue weighted by Crippen LogP contribution is -2.10. The summed E-state index contributed by atoms with van der Waals surface area (Å²) in [6, 6.07) is 6.54. The van der Waals surface area contributed by atoms with Gasteiger partial charge >= 0.3 is 0 Å². The lowest BCUT2D eigenvalue weighted by atomic mass is 10.3. The van der Waals surface area contributed by atoms with Crippen molar-refractivity contribution in [2.45, 2.75) is 6.54 Å². The Morgan fingerprint density at radius 1 is 1.39 bits per heavy atom. The molecule has 0 aliphatic heterocycles. The molecule has 0 saturated heterocycles. The second-order valence-corrected chi connectivity index (χ2v) is 4.86. The lowest BCUT2D eigenvalue weighted by Gasteiger charge is -2.02. The Morgan fingerprint density at radius 3 is 3.17 bits per heavy atom. The summed E-state index contributed by atoms with van der Waals surface area (Å²) in [5.41, 5.74) is 0.696. The minimum Gasteiger partial charge on any atom is -0.360 e. The third-order valence-corrected chi connectivity index (χ3v) is 3.52. The molecular formula is C12H11FN4S. The summed E-state index contributed by atoms with van der Waals surface area (Å²) in [4.78, 5) is 4.33. The highest BCUT2D eigenvalue weighted by molar-refractivity contribution is 7.22. The van der Waals surface area contributed by atoms with E-state index in [0.29, 0.717) is 5.52 Å². The summed E-state index contributed by atoms with van der Waals surface area (Å²) in [5.74, 6) is -0.254. The van der Waals surface area contributed by atoms with E-state index in [4.69, 9.17) is 0 Å². The van der Waals surface area contributed by atoms with Gasteiger partial charge in [-0.25, -0.2) is 9.37 Å². The zero-order valence-corrected chi connectivity index (χ0v) is 10.3. The molecule has 2 heterocycles. The highest BCUT2D eigenvalue weighted by Gasteiger charge is 2.04. The molecule has 0 saturated carbocycles. The number of thiazole rings is 1. The summed E-state index contributed by atoms with van der Waals surface area (Å²) in [6.07, 6.45) is 3.66. The second-order valence-electron chi connectivity index (χ2n) is 3.83. The normalized spacial score (nSPS) is 10.9. The van der Waals surface area contributed by atoms with Crippen LogP contribution in [0.25, 0.3) is 10.2 Å². The van der Waals surface area contributed by atoms with Crippen LogP contribution in [0.5, 0.6) is 0 Å². The zero-order valence-electron chi connectivity index (χ0n) is 9.51. The number of anilines is 1. The van der Waals surface area contributed by atoms with Gasteiger partial charge in [0.15, 0.2) is 5.13 Å². The van der Waals surface area contributed by atoms with Crippen molar-refractivity contribution in [2.24, 2.45) is 0 Å². The molecule has 3 aromatic rings. The minimum atomic E-state index is -0.254. The predicted octanol–water partition coefficient (Wildman–Crippen LogP) is 2.74. The number of benzene rings is 1. The number of fused-ring (bicyclic) bond motifs is 1. The van der Waals surface area contributed by atoms with Gasteiger partial charge in [0.2, 0.25) is 0 Å². The van der Waals surface area contributed by atoms with E-state index in [1.54, 1.807) is 12.3 Å². The maximum atomic E-state index is 13.0. The topological polar surface area (TPSA) is 42.7 Å². The average molecular weight is 262 g/mol. The summed E-state index contributed by atoms with van der Waals surface area (Å²) in [5, 5.41) is 8.14. The van der Waals surface area contributed by atoms with Crippen LogP contribution in [0.15, 0.2) is 36.7 Å². The van der Waals surface area contributed by atoms with Crippen molar-refractivity contribution in [3.8, 4) is 0 Å². The third-order valence-electron chi connectivity index (χ3n) is 2.53. The zero-order chi connectivity index (χ0) is 12.4. The van der Waals surface area contributed by atoms with E-state index in [1.807, 2.05) is 16.9 Å². The number of hydrogen-bond acceptors (Lipinski definition) is 4. The molecule has 6 heteroatoms. The van der Waals surface area contributed by atoms with Crippen LogP contribution in [0, 0.1) is 5.82 Å². The Labute approximate surface area is 107 Å². The van der Waals surface area contributed by atoms with Crippen LogP contribution in [0.4, 0.5) is 9.52 Å². The molecule has 0 aliphatic carbocycles. The molecule has 0 bridgehead atoms. The summed E-state index contributed by atoms with van der Waals surface area (Å²) in [7, 11) is 0. The first-order valence-electron chi connectivity index (χ1n) is 5.59. The Balaban J connectivity index is 1.67. The van der Waals surface area contributed by atoms with E-state index in [9.17, 15) is 4.39 Å². The van der Waals surface area contributed by atoms with E-state index >= 15 is 0 Å². The first-order valence-corrected chi connectivity index (χ1v) is 6.40. The van der Waals surface area contributed by atoms with E-state index < -0.39 is 0 Å². The van der Waals surface area contributed by atoms with Gasteiger partial charge in [0, 0.05) is 25.0 Å². The number of nitrogens with one attached hydrogen (secondary N) is 1. The van der Waals surface area contributed by atoms with E-state index in [-0.39, 0.29) is 5.82 Å². The van der Waals surface area contributed by atoms with Gasteiger partial charge in [-0.2, -0.15) is 5.10 Å². The molecule has 18 heavy (non-hydrogen) atoms. The minimum absolute atomic E-state index is 0.254. The van der Waals surface area contributed by atoms with Crippen LogP contribution in [0.3, 0.4) is 0 Å². The predicted molar refractivity (Wildman–Crippen MR) is 70.3 cm³/mol. The largest absolute Gasteiger partial charge is 0.360 e. The number of aromatic nitrogens is 3. The Kier molecular flexibility index (Phi) is 2.93. The molecule has 92 valence electrons. The van der Waals surface area contributed by atoms with Crippen molar-refractivity contribution in [3.63, 3.8) is 0 Å². The first-order chi connectivity index (χ1) is 8.81. The van der Waals surface area contributed by atoms with Crippen LogP contribution in [0.1, 0.15) is 0 Å². The van der Waals surface area contributed by atoms with Crippen molar-refractivity contribution >= 4 is 26.7 Å². The molecule has 0 unspecified atom stereocenters. The van der Waals surface area contributed by atoms with Crippen molar-refractivity contribution in [2.75, 3.05) is 11.9 Å². The van der Waals surface area contributed by atoms with Crippen molar-refractivity contribution in [3.05, 3.63) is 42.5 Å². The van der Waals surface area contributed by atoms with E-state index in [2.05, 4.69) is 15.4 Å². The Bertz CT molecular complexity index is 647. The third kappa shape index (κ3) is 2.33. The van der Waals surface area contributed by atoms with Crippen LogP contribution in [-0.2, 0) is 6.54 Å². The smallest absolute Gasteiger partial charge is 0.183 e. The molecule has 4 nitrogen and oxygen atoms in total. The summed E-state index contributed by atoms with van der Waals surface area (Å²) >= 11 is 1.52. The van der Waals surface area contributed by atoms with Gasteiger partial charge in [-0.3, -0.25) is 4.68 Å². The number of hydrogen-bond donors (Lipinski definition) is 1. The van der Waals surface area contributed by atoms with Crippen LogP contribution in [0.2, 0.25) is 0 Å². The quantitative estimate of drug-likeness (QED) is 0.786. The van der Waals surface area contributed by atoms with Crippen molar-refractivity contribution in [1.82, 2.24) is 14.8 Å². The van der Waals surface area contributed by atoms with Gasteiger partial charge < -0.3 is 5.32 Å². The molecular weight excluding hydrogens is 251 g/mol. The highest BCUT2D eigenvalue weighted by Crippen LogP contribution is 2.26. The summed E-state index contributed by atoms with van der Waals surface area (Å²) in [6.45, 7) is 1.52. The molecule has 0 aliphatic rings. The van der Waals surface area contributed by atoms with Gasteiger partial charge in [-0.15, -0.1) is 0 Å². The fraction of sp³-hybridized carbons (Fsp3) is 0.167. The molecule has 3 rings (SSSR count). The molecule has 0 spiro atoms. The molecule has 1 N–H and O–H groups in total. The van der Waals surface area contributed by atoms with E-state index in [0.717, 1.165) is 22.9 Å². The van der Waals surface area contributed by atoms with Gasteiger partial charge in [0.25, 0.3) is 0 Å². The number of nitrogens with zero attached hydrogens (tertiary/aromatic N) is 3. The number of halogens is 1.